The zero-order valence-corrected chi connectivity index (χ0v) is 17.6. The second-order valence-electron chi connectivity index (χ2n) is 7.68. The van der Waals surface area contributed by atoms with Crippen LogP contribution in [0.3, 0.4) is 0 Å². The number of carbonyl (C=O) groups is 1. The van der Waals surface area contributed by atoms with Gasteiger partial charge in [-0.2, -0.15) is 4.31 Å². The van der Waals surface area contributed by atoms with Crippen LogP contribution in [0.15, 0.2) is 64.7 Å². The first-order valence-electron chi connectivity index (χ1n) is 10.3. The first-order valence-corrected chi connectivity index (χ1v) is 11.7. The van der Waals surface area contributed by atoms with Crippen molar-refractivity contribution in [2.24, 2.45) is 5.92 Å². The third-order valence-corrected chi connectivity index (χ3v) is 7.68. The van der Waals surface area contributed by atoms with Gasteiger partial charge in [-0.05, 0) is 42.7 Å². The quantitative estimate of drug-likeness (QED) is 0.646. The average Bonchev–Trinajstić information content (AvgIpc) is 3.12. The Kier molecular flexibility index (Phi) is 5.71. The smallest absolute Gasteiger partial charge is 0.328 e. The number of nitrogens with one attached hydrogen (secondary N) is 1. The topological polar surface area (TPSA) is 95.9 Å². The summed E-state index contributed by atoms with van der Waals surface area (Å²) in [5.74, 6) is -0.499. The van der Waals surface area contributed by atoms with E-state index in [4.69, 9.17) is 4.74 Å². The summed E-state index contributed by atoms with van der Waals surface area (Å²) in [6, 6.07) is 4.91. The van der Waals surface area contributed by atoms with E-state index in [1.807, 2.05) is 24.3 Å². The monoisotopic (exact) mass is 430 g/mol. The van der Waals surface area contributed by atoms with E-state index < -0.39 is 22.0 Å². The van der Waals surface area contributed by atoms with Crippen molar-refractivity contribution in [2.75, 3.05) is 13.2 Å². The molecule has 1 aliphatic carbocycles. The zero-order valence-electron chi connectivity index (χ0n) is 16.8. The maximum Gasteiger partial charge on any atom is 0.328 e. The van der Waals surface area contributed by atoms with Gasteiger partial charge in [0.15, 0.2) is 6.04 Å². The standard InChI is InChI=1S/C22H26N2O5S/c1-2-3-14-29-15-8-10-16(11-9-15)30(27,28)24-13-12-18-17-6-4-5-7-19(17)23-20(18)21(24)22(25)26/h4-11,17,19,21,23H,2-3,12-14H2,1H3,(H,25,26). The summed E-state index contributed by atoms with van der Waals surface area (Å²) in [4.78, 5) is 12.2. The molecule has 3 atom stereocenters. The van der Waals surface area contributed by atoms with Gasteiger partial charge in [-0.3, -0.25) is 4.79 Å². The number of carboxylic acid groups (broad SMARTS) is 1. The van der Waals surface area contributed by atoms with Gasteiger partial charge in [-0.25, -0.2) is 8.42 Å². The highest BCUT2D eigenvalue weighted by Gasteiger charge is 2.47. The fourth-order valence-corrected chi connectivity index (χ4v) is 5.83. The molecule has 2 aliphatic heterocycles. The van der Waals surface area contributed by atoms with Gasteiger partial charge in [0.2, 0.25) is 10.0 Å². The Morgan fingerprint density at radius 1 is 1.23 bits per heavy atom. The molecule has 0 radical (unpaired) electrons. The zero-order chi connectivity index (χ0) is 21.3. The van der Waals surface area contributed by atoms with E-state index in [1.54, 1.807) is 12.1 Å². The van der Waals surface area contributed by atoms with Crippen molar-refractivity contribution in [3.8, 4) is 5.75 Å². The molecule has 30 heavy (non-hydrogen) atoms. The number of unbranched alkanes of at least 4 members (excludes halogenated alkanes) is 1. The van der Waals surface area contributed by atoms with Gasteiger partial charge in [0, 0.05) is 18.2 Å². The summed E-state index contributed by atoms with van der Waals surface area (Å²) in [5.41, 5.74) is 1.49. The fraction of sp³-hybridized carbons (Fsp3) is 0.409. The molecule has 1 aromatic carbocycles. The third kappa shape index (κ3) is 3.65. The molecule has 0 amide bonds. The van der Waals surface area contributed by atoms with Crippen LogP contribution >= 0.6 is 0 Å². The number of rotatable bonds is 7. The lowest BCUT2D eigenvalue weighted by molar-refractivity contribution is -0.140. The number of hydrogen-bond donors (Lipinski definition) is 2. The summed E-state index contributed by atoms with van der Waals surface area (Å²) in [7, 11) is -3.98. The maximum absolute atomic E-state index is 13.3. The summed E-state index contributed by atoms with van der Waals surface area (Å²) in [5, 5.41) is 13.2. The summed E-state index contributed by atoms with van der Waals surface area (Å²) < 4.78 is 33.3. The Morgan fingerprint density at radius 2 is 1.97 bits per heavy atom. The van der Waals surface area contributed by atoms with E-state index in [0.29, 0.717) is 24.5 Å². The van der Waals surface area contributed by atoms with Crippen molar-refractivity contribution in [1.29, 1.82) is 0 Å². The Bertz CT molecular complexity index is 1010. The Balaban J connectivity index is 1.60. The lowest BCUT2D eigenvalue weighted by Gasteiger charge is -2.33. The molecule has 4 rings (SSSR count). The first-order chi connectivity index (χ1) is 14.4. The van der Waals surface area contributed by atoms with E-state index >= 15 is 0 Å². The molecule has 0 spiro atoms. The molecule has 1 aromatic rings. The van der Waals surface area contributed by atoms with Crippen LogP contribution in [-0.2, 0) is 14.8 Å². The van der Waals surface area contributed by atoms with E-state index in [9.17, 15) is 18.3 Å². The van der Waals surface area contributed by atoms with Gasteiger partial charge in [0.05, 0.1) is 17.5 Å². The second kappa shape index (κ2) is 8.28. The number of aliphatic carboxylic acids is 1. The molecule has 2 N–H and O–H groups in total. The maximum atomic E-state index is 13.3. The van der Waals surface area contributed by atoms with E-state index in [0.717, 1.165) is 22.7 Å². The minimum absolute atomic E-state index is 0.0240. The van der Waals surface area contributed by atoms with Crippen molar-refractivity contribution in [3.05, 3.63) is 59.8 Å². The minimum atomic E-state index is -3.98. The van der Waals surface area contributed by atoms with E-state index in [2.05, 4.69) is 12.2 Å². The molecule has 3 aliphatic rings. The second-order valence-corrected chi connectivity index (χ2v) is 9.58. The summed E-state index contributed by atoms with van der Waals surface area (Å²) in [6.07, 6.45) is 10.3. The van der Waals surface area contributed by atoms with Gasteiger partial charge in [-0.1, -0.05) is 37.6 Å². The SMILES string of the molecule is CCCCOc1ccc(S(=O)(=O)N2CCC3=C(NC4C=CC=CC34)C2C(=O)O)cc1. The Hall–Kier alpha value is -2.58. The minimum Gasteiger partial charge on any atom is -0.494 e. The number of hydrogen-bond acceptors (Lipinski definition) is 5. The van der Waals surface area contributed by atoms with Crippen LogP contribution in [-0.4, -0.2) is 49.0 Å². The Morgan fingerprint density at radius 3 is 2.67 bits per heavy atom. The van der Waals surface area contributed by atoms with Crippen molar-refractivity contribution in [1.82, 2.24) is 9.62 Å². The first kappa shape index (κ1) is 20.7. The fourth-order valence-electron chi connectivity index (χ4n) is 4.27. The van der Waals surface area contributed by atoms with Crippen LogP contribution in [0.5, 0.6) is 5.75 Å². The van der Waals surface area contributed by atoms with Gasteiger partial charge in [-0.15, -0.1) is 0 Å². The molecule has 7 nitrogen and oxygen atoms in total. The normalized spacial score (nSPS) is 25.6. The molecule has 0 aromatic heterocycles. The van der Waals surface area contributed by atoms with Gasteiger partial charge in [0.25, 0.3) is 0 Å². The summed E-state index contributed by atoms with van der Waals surface area (Å²) in [6.45, 7) is 2.77. The molecule has 160 valence electrons. The Labute approximate surface area is 176 Å². The van der Waals surface area contributed by atoms with Crippen molar-refractivity contribution < 1.29 is 23.1 Å². The molecule has 0 bridgehead atoms. The van der Waals surface area contributed by atoms with Crippen LogP contribution in [0, 0.1) is 5.92 Å². The number of carboxylic acids is 1. The van der Waals surface area contributed by atoms with Gasteiger partial charge < -0.3 is 15.2 Å². The molecule has 0 fully saturated rings. The summed E-state index contributed by atoms with van der Waals surface area (Å²) >= 11 is 0. The molecular weight excluding hydrogens is 404 g/mol. The lowest BCUT2D eigenvalue weighted by atomic mass is 9.87. The number of sulfonamides is 1. The van der Waals surface area contributed by atoms with Crippen molar-refractivity contribution in [2.45, 2.75) is 43.2 Å². The number of fused-ring (bicyclic) bond motifs is 2. The molecule has 0 saturated carbocycles. The van der Waals surface area contributed by atoms with E-state index in [1.165, 1.54) is 12.1 Å². The van der Waals surface area contributed by atoms with E-state index in [-0.39, 0.29) is 23.4 Å². The van der Waals surface area contributed by atoms with Crippen LogP contribution in [0.25, 0.3) is 0 Å². The largest absolute Gasteiger partial charge is 0.494 e. The number of benzene rings is 1. The third-order valence-electron chi connectivity index (χ3n) is 5.80. The van der Waals surface area contributed by atoms with Crippen molar-refractivity contribution in [3.63, 3.8) is 0 Å². The van der Waals surface area contributed by atoms with Crippen LogP contribution in [0.1, 0.15) is 26.2 Å². The van der Waals surface area contributed by atoms with Crippen LogP contribution in [0.2, 0.25) is 0 Å². The highest BCUT2D eigenvalue weighted by molar-refractivity contribution is 7.89. The lowest BCUT2D eigenvalue weighted by Crippen LogP contribution is -2.51. The number of ether oxygens (including phenoxy) is 1. The highest BCUT2D eigenvalue weighted by atomic mass is 32.2. The van der Waals surface area contributed by atoms with Gasteiger partial charge in [0.1, 0.15) is 5.75 Å². The highest BCUT2D eigenvalue weighted by Crippen LogP contribution is 2.39. The molecule has 8 heteroatoms. The molecule has 3 unspecified atom stereocenters. The molecular formula is C22H26N2O5S. The number of nitrogens with zero attached hydrogens (tertiary/aromatic N) is 1. The molecule has 0 saturated heterocycles. The average molecular weight is 431 g/mol. The number of allylic oxidation sites excluding steroid dienone is 2. The predicted molar refractivity (Wildman–Crippen MR) is 112 cm³/mol. The van der Waals surface area contributed by atoms with Crippen molar-refractivity contribution >= 4 is 16.0 Å². The van der Waals surface area contributed by atoms with Gasteiger partial charge >= 0.3 is 5.97 Å². The molecule has 2 heterocycles. The predicted octanol–water partition coefficient (Wildman–Crippen LogP) is 2.68. The van der Waals surface area contributed by atoms with Crippen LogP contribution in [0.4, 0.5) is 0 Å². The van der Waals surface area contributed by atoms with Crippen LogP contribution < -0.4 is 10.1 Å².